The van der Waals surface area contributed by atoms with E-state index in [9.17, 15) is 0 Å². The van der Waals surface area contributed by atoms with Crippen LogP contribution in [0.4, 0.5) is 0 Å². The normalized spacial score (nSPS) is 18.4. The second-order valence-corrected chi connectivity index (χ2v) is 5.04. The fourth-order valence-corrected chi connectivity index (χ4v) is 2.34. The summed E-state index contributed by atoms with van der Waals surface area (Å²) in [7, 11) is 2.25. The van der Waals surface area contributed by atoms with Crippen LogP contribution in [0.15, 0.2) is 0 Å². The lowest BCUT2D eigenvalue weighted by molar-refractivity contribution is 0.219. The molecule has 1 unspecified atom stereocenters. The van der Waals surface area contributed by atoms with E-state index in [1.165, 1.54) is 51.5 Å². The van der Waals surface area contributed by atoms with Crippen molar-refractivity contribution < 1.29 is 0 Å². The van der Waals surface area contributed by atoms with Gasteiger partial charge < -0.3 is 10.6 Å². The topological polar surface area (TPSA) is 29.3 Å². The Morgan fingerprint density at radius 2 is 1.87 bits per heavy atom. The molecule has 90 valence electrons. The molecule has 2 nitrogen and oxygen atoms in total. The third-order valence-electron chi connectivity index (χ3n) is 3.59. The summed E-state index contributed by atoms with van der Waals surface area (Å²) in [6.45, 7) is 4.35. The predicted molar refractivity (Wildman–Crippen MR) is 67.0 cm³/mol. The van der Waals surface area contributed by atoms with Crippen molar-refractivity contribution in [1.29, 1.82) is 0 Å². The standard InChI is InChI=1S/C13H28N2/c1-3-4-5-6-7-10-15(2)13(11-14)12-8-9-12/h12-13H,3-11,14H2,1-2H3. The summed E-state index contributed by atoms with van der Waals surface area (Å²) >= 11 is 0. The molecule has 1 saturated carbocycles. The summed E-state index contributed by atoms with van der Waals surface area (Å²) in [5.74, 6) is 0.913. The van der Waals surface area contributed by atoms with Crippen molar-refractivity contribution in [3.8, 4) is 0 Å². The van der Waals surface area contributed by atoms with Crippen molar-refractivity contribution >= 4 is 0 Å². The third kappa shape index (κ3) is 4.98. The lowest BCUT2D eigenvalue weighted by atomic mass is 10.1. The van der Waals surface area contributed by atoms with E-state index >= 15 is 0 Å². The summed E-state index contributed by atoms with van der Waals surface area (Å²) in [5.41, 5.74) is 5.82. The molecule has 0 aromatic rings. The third-order valence-corrected chi connectivity index (χ3v) is 3.59. The van der Waals surface area contributed by atoms with Crippen LogP contribution in [0.25, 0.3) is 0 Å². The number of likely N-dealkylation sites (N-methyl/N-ethyl adjacent to an activating group) is 1. The first-order valence-corrected chi connectivity index (χ1v) is 6.70. The van der Waals surface area contributed by atoms with Crippen LogP contribution in [0.1, 0.15) is 51.9 Å². The zero-order valence-electron chi connectivity index (χ0n) is 10.5. The lowest BCUT2D eigenvalue weighted by Gasteiger charge is -2.26. The number of hydrogen-bond donors (Lipinski definition) is 1. The lowest BCUT2D eigenvalue weighted by Crippen LogP contribution is -2.40. The highest BCUT2D eigenvalue weighted by Crippen LogP contribution is 2.34. The van der Waals surface area contributed by atoms with E-state index in [0.717, 1.165) is 12.5 Å². The van der Waals surface area contributed by atoms with Crippen LogP contribution < -0.4 is 5.73 Å². The van der Waals surface area contributed by atoms with Crippen molar-refractivity contribution in [1.82, 2.24) is 4.90 Å². The number of rotatable bonds is 9. The largest absolute Gasteiger partial charge is 0.329 e. The fourth-order valence-electron chi connectivity index (χ4n) is 2.34. The maximum absolute atomic E-state index is 5.82. The van der Waals surface area contributed by atoms with Crippen molar-refractivity contribution in [3.63, 3.8) is 0 Å². The van der Waals surface area contributed by atoms with Crippen LogP contribution >= 0.6 is 0 Å². The first kappa shape index (κ1) is 13.0. The first-order chi connectivity index (χ1) is 7.29. The monoisotopic (exact) mass is 212 g/mol. The summed E-state index contributed by atoms with van der Waals surface area (Å²) in [6, 6.07) is 0.663. The molecule has 1 rings (SSSR count). The number of hydrogen-bond acceptors (Lipinski definition) is 2. The highest BCUT2D eigenvalue weighted by molar-refractivity contribution is 4.87. The summed E-state index contributed by atoms with van der Waals surface area (Å²) in [4.78, 5) is 2.49. The van der Waals surface area contributed by atoms with Gasteiger partial charge in [-0.3, -0.25) is 0 Å². The Morgan fingerprint density at radius 3 is 2.40 bits per heavy atom. The SMILES string of the molecule is CCCCCCCN(C)C(CN)C1CC1. The molecule has 0 aliphatic heterocycles. The molecule has 1 atom stereocenters. The van der Waals surface area contributed by atoms with Gasteiger partial charge in [-0.05, 0) is 38.8 Å². The fraction of sp³-hybridized carbons (Fsp3) is 1.00. The molecule has 2 N–H and O–H groups in total. The zero-order chi connectivity index (χ0) is 11.1. The predicted octanol–water partition coefficient (Wildman–Crippen LogP) is 2.63. The molecule has 0 saturated heterocycles. The highest BCUT2D eigenvalue weighted by Gasteiger charge is 2.32. The minimum Gasteiger partial charge on any atom is -0.329 e. The van der Waals surface area contributed by atoms with Gasteiger partial charge in [0.25, 0.3) is 0 Å². The molecule has 0 amide bonds. The Hall–Kier alpha value is -0.0800. The van der Waals surface area contributed by atoms with Crippen molar-refractivity contribution in [3.05, 3.63) is 0 Å². The average Bonchev–Trinajstić information content (AvgIpc) is 3.03. The van der Waals surface area contributed by atoms with Gasteiger partial charge in [-0.15, -0.1) is 0 Å². The minimum atomic E-state index is 0.663. The van der Waals surface area contributed by atoms with Crippen LogP contribution in [0, 0.1) is 5.92 Å². The van der Waals surface area contributed by atoms with E-state index in [-0.39, 0.29) is 0 Å². The van der Waals surface area contributed by atoms with Crippen LogP contribution in [-0.4, -0.2) is 31.1 Å². The quantitative estimate of drug-likeness (QED) is 0.595. The molecule has 1 aliphatic carbocycles. The van der Waals surface area contributed by atoms with E-state index in [2.05, 4.69) is 18.9 Å². The van der Waals surface area contributed by atoms with E-state index in [0.29, 0.717) is 6.04 Å². The van der Waals surface area contributed by atoms with Crippen LogP contribution in [0.3, 0.4) is 0 Å². The zero-order valence-corrected chi connectivity index (χ0v) is 10.5. The molecule has 0 aromatic heterocycles. The van der Waals surface area contributed by atoms with Gasteiger partial charge >= 0.3 is 0 Å². The van der Waals surface area contributed by atoms with Gasteiger partial charge in [0, 0.05) is 12.6 Å². The van der Waals surface area contributed by atoms with E-state index in [1.807, 2.05) is 0 Å². The van der Waals surface area contributed by atoms with E-state index < -0.39 is 0 Å². The van der Waals surface area contributed by atoms with Gasteiger partial charge in [0.05, 0.1) is 0 Å². The van der Waals surface area contributed by atoms with Gasteiger partial charge in [-0.25, -0.2) is 0 Å². The van der Waals surface area contributed by atoms with Crippen LogP contribution in [-0.2, 0) is 0 Å². The minimum absolute atomic E-state index is 0.663. The second kappa shape index (κ2) is 7.24. The Balaban J connectivity index is 2.03. The molecule has 2 heteroatoms. The average molecular weight is 212 g/mol. The van der Waals surface area contributed by atoms with Crippen LogP contribution in [0.5, 0.6) is 0 Å². The molecule has 1 aliphatic rings. The maximum Gasteiger partial charge on any atom is 0.0243 e. The van der Waals surface area contributed by atoms with Crippen molar-refractivity contribution in [2.75, 3.05) is 20.1 Å². The highest BCUT2D eigenvalue weighted by atomic mass is 15.1. The maximum atomic E-state index is 5.82. The Morgan fingerprint density at radius 1 is 1.20 bits per heavy atom. The van der Waals surface area contributed by atoms with Gasteiger partial charge in [-0.1, -0.05) is 32.6 Å². The number of nitrogens with zero attached hydrogens (tertiary/aromatic N) is 1. The first-order valence-electron chi connectivity index (χ1n) is 6.70. The van der Waals surface area contributed by atoms with Crippen molar-refractivity contribution in [2.45, 2.75) is 57.9 Å². The molecule has 0 bridgehead atoms. The molecule has 1 fully saturated rings. The summed E-state index contributed by atoms with van der Waals surface area (Å²) in [6.07, 6.45) is 9.68. The Bertz CT molecular complexity index is 155. The van der Waals surface area contributed by atoms with Crippen molar-refractivity contribution in [2.24, 2.45) is 11.7 Å². The number of unbranched alkanes of at least 4 members (excludes halogenated alkanes) is 4. The summed E-state index contributed by atoms with van der Waals surface area (Å²) in [5, 5.41) is 0. The van der Waals surface area contributed by atoms with Gasteiger partial charge in [0.2, 0.25) is 0 Å². The second-order valence-electron chi connectivity index (χ2n) is 5.04. The Kier molecular flexibility index (Phi) is 6.26. The van der Waals surface area contributed by atoms with Gasteiger partial charge in [0.15, 0.2) is 0 Å². The van der Waals surface area contributed by atoms with Gasteiger partial charge in [-0.2, -0.15) is 0 Å². The molecule has 0 spiro atoms. The number of nitrogens with two attached hydrogens (primary N) is 1. The smallest absolute Gasteiger partial charge is 0.0243 e. The molecule has 15 heavy (non-hydrogen) atoms. The van der Waals surface area contributed by atoms with E-state index in [4.69, 9.17) is 5.73 Å². The molecule has 0 heterocycles. The molecular formula is C13H28N2. The molecule has 0 aromatic carbocycles. The van der Waals surface area contributed by atoms with E-state index in [1.54, 1.807) is 0 Å². The molecule has 0 radical (unpaired) electrons. The summed E-state index contributed by atoms with van der Waals surface area (Å²) < 4.78 is 0. The van der Waals surface area contributed by atoms with Gasteiger partial charge in [0.1, 0.15) is 0 Å². The van der Waals surface area contributed by atoms with Crippen LogP contribution in [0.2, 0.25) is 0 Å². The Labute approximate surface area is 95.2 Å². The molecular weight excluding hydrogens is 184 g/mol.